The second kappa shape index (κ2) is 13.1. The molecule has 1 unspecified atom stereocenters. The molecule has 0 aliphatic rings. The average molecular weight is 356 g/mol. The van der Waals surface area contributed by atoms with Crippen LogP contribution in [0.4, 0.5) is 0 Å². The fourth-order valence-electron chi connectivity index (χ4n) is 1.64. The predicted octanol–water partition coefficient (Wildman–Crippen LogP) is -1.09. The molecule has 0 aliphatic heterocycles. The van der Waals surface area contributed by atoms with Crippen molar-refractivity contribution in [1.82, 2.24) is 0 Å². The van der Waals surface area contributed by atoms with Crippen LogP contribution in [-0.2, 0) is 19.6 Å². The third-order valence-corrected chi connectivity index (χ3v) is 3.75. The third kappa shape index (κ3) is 15.1. The Bertz CT molecular complexity index is 510. The van der Waals surface area contributed by atoms with Crippen LogP contribution in [0.5, 0.6) is 0 Å². The first-order valence-electron chi connectivity index (χ1n) is 7.25. The number of allylic oxidation sites excluding steroid dienone is 2. The number of rotatable bonds is 10. The zero-order valence-corrected chi connectivity index (χ0v) is 17.2. The van der Waals surface area contributed by atoms with Crippen molar-refractivity contribution in [1.29, 1.82) is 0 Å². The van der Waals surface area contributed by atoms with Gasteiger partial charge >= 0.3 is 35.5 Å². The summed E-state index contributed by atoms with van der Waals surface area (Å²) in [5.74, 6) is -1.03. The molecule has 8 heteroatoms. The summed E-state index contributed by atoms with van der Waals surface area (Å²) in [6.07, 6.45) is 4.72. The van der Waals surface area contributed by atoms with Gasteiger partial charge in [-0.15, -0.1) is 0 Å². The van der Waals surface area contributed by atoms with E-state index in [0.717, 1.165) is 12.0 Å². The smallest absolute Gasteiger partial charge is 0.748 e. The number of hydrogen-bond donors (Lipinski definition) is 1. The number of carbonyl (C=O) groups excluding carboxylic acids is 1. The number of aliphatic hydroxyl groups is 1. The largest absolute Gasteiger partial charge is 1.00 e. The van der Waals surface area contributed by atoms with E-state index in [1.807, 2.05) is 19.9 Å². The second-order valence-electron chi connectivity index (χ2n) is 5.21. The Kier molecular flexibility index (Phi) is 14.3. The maximum Gasteiger partial charge on any atom is 1.00 e. The topological polar surface area (TPSA) is 104 Å². The third-order valence-electron chi connectivity index (χ3n) is 3.02. The van der Waals surface area contributed by atoms with E-state index in [2.05, 4.69) is 0 Å². The van der Waals surface area contributed by atoms with Crippen LogP contribution in [0.2, 0.25) is 0 Å². The van der Waals surface area contributed by atoms with Gasteiger partial charge in [0, 0.05) is 6.42 Å². The molecule has 0 heterocycles. The Hall–Kier alpha value is -0.180. The van der Waals surface area contributed by atoms with Gasteiger partial charge in [-0.25, -0.2) is 8.42 Å². The number of ether oxygens (including phenoxy) is 1. The predicted molar refractivity (Wildman–Crippen MR) is 83.2 cm³/mol. The zero-order chi connectivity index (χ0) is 17.2. The molecule has 0 saturated carbocycles. The van der Waals surface area contributed by atoms with Gasteiger partial charge in [-0.05, 0) is 44.8 Å². The Labute approximate surface area is 161 Å². The molecule has 0 radical (unpaired) electrons. The van der Waals surface area contributed by atoms with Crippen molar-refractivity contribution in [3.8, 4) is 0 Å². The average Bonchev–Trinajstić information content (AvgIpc) is 2.36. The maximum atomic E-state index is 11.2. The van der Waals surface area contributed by atoms with E-state index in [1.165, 1.54) is 0 Å². The fraction of sp³-hybridized carbons (Fsp3) is 0.667. The second-order valence-corrected chi connectivity index (χ2v) is 6.66. The van der Waals surface area contributed by atoms with Crippen molar-refractivity contribution in [2.24, 2.45) is 0 Å². The van der Waals surface area contributed by atoms with Gasteiger partial charge in [-0.1, -0.05) is 18.6 Å². The van der Waals surface area contributed by atoms with Crippen LogP contribution in [0.1, 0.15) is 46.5 Å². The van der Waals surface area contributed by atoms with E-state index in [1.54, 1.807) is 13.0 Å². The summed E-state index contributed by atoms with van der Waals surface area (Å²) in [6, 6.07) is 0. The molecule has 0 aliphatic carbocycles. The van der Waals surface area contributed by atoms with E-state index < -0.39 is 22.0 Å². The monoisotopic (exact) mass is 356 g/mol. The SMILES string of the molecule is CCCC(=O)OCC=C(C)CCC=C(C)C(O)CS(=O)(=O)[O-].[Na+]. The summed E-state index contributed by atoms with van der Waals surface area (Å²) >= 11 is 0. The van der Waals surface area contributed by atoms with Gasteiger partial charge in [0.15, 0.2) is 0 Å². The quantitative estimate of drug-likeness (QED) is 0.231. The molecule has 0 amide bonds. The minimum absolute atomic E-state index is 0. The van der Waals surface area contributed by atoms with Crippen LogP contribution in [0.25, 0.3) is 0 Å². The van der Waals surface area contributed by atoms with Crippen molar-refractivity contribution >= 4 is 16.1 Å². The zero-order valence-electron chi connectivity index (χ0n) is 14.4. The van der Waals surface area contributed by atoms with Crippen LogP contribution in [0.3, 0.4) is 0 Å². The van der Waals surface area contributed by atoms with E-state index in [0.29, 0.717) is 24.8 Å². The summed E-state index contributed by atoms with van der Waals surface area (Å²) < 4.78 is 36.7. The van der Waals surface area contributed by atoms with Crippen LogP contribution < -0.4 is 29.6 Å². The minimum Gasteiger partial charge on any atom is -0.748 e. The fourth-order valence-corrected chi connectivity index (χ4v) is 2.29. The molecular weight excluding hydrogens is 331 g/mol. The Morgan fingerprint density at radius 2 is 1.87 bits per heavy atom. The van der Waals surface area contributed by atoms with E-state index in [4.69, 9.17) is 4.74 Å². The molecule has 1 atom stereocenters. The molecule has 0 aromatic rings. The van der Waals surface area contributed by atoms with Crippen LogP contribution in [0.15, 0.2) is 23.3 Å². The Morgan fingerprint density at radius 1 is 1.26 bits per heavy atom. The van der Waals surface area contributed by atoms with Gasteiger partial charge < -0.3 is 14.4 Å². The molecule has 0 aromatic carbocycles. The molecule has 6 nitrogen and oxygen atoms in total. The molecule has 0 bridgehead atoms. The first-order chi connectivity index (χ1) is 10.2. The summed E-state index contributed by atoms with van der Waals surface area (Å²) in [5, 5.41) is 9.55. The minimum atomic E-state index is -4.44. The van der Waals surface area contributed by atoms with Crippen LogP contribution in [0, 0.1) is 0 Å². The van der Waals surface area contributed by atoms with Gasteiger partial charge in [0.1, 0.15) is 6.61 Å². The van der Waals surface area contributed by atoms with Crippen LogP contribution in [-0.4, -0.2) is 42.5 Å². The van der Waals surface area contributed by atoms with Crippen molar-refractivity contribution in [2.45, 2.75) is 52.6 Å². The summed E-state index contributed by atoms with van der Waals surface area (Å²) in [7, 11) is -4.44. The molecule has 0 saturated heterocycles. The van der Waals surface area contributed by atoms with Crippen LogP contribution >= 0.6 is 0 Å². The van der Waals surface area contributed by atoms with E-state index >= 15 is 0 Å². The number of esters is 1. The van der Waals surface area contributed by atoms with Crippen molar-refractivity contribution in [3.63, 3.8) is 0 Å². The Morgan fingerprint density at radius 3 is 2.39 bits per heavy atom. The molecular formula is C15H25NaO6S. The van der Waals surface area contributed by atoms with E-state index in [9.17, 15) is 22.9 Å². The van der Waals surface area contributed by atoms with E-state index in [-0.39, 0.29) is 42.1 Å². The van der Waals surface area contributed by atoms with Gasteiger partial charge in [0.05, 0.1) is 22.0 Å². The van der Waals surface area contributed by atoms with Crippen molar-refractivity contribution in [3.05, 3.63) is 23.3 Å². The summed E-state index contributed by atoms with van der Waals surface area (Å²) in [6.45, 7) is 5.63. The maximum absolute atomic E-state index is 11.2. The first-order valence-corrected chi connectivity index (χ1v) is 8.83. The molecule has 0 aromatic heterocycles. The number of aliphatic hydroxyl groups excluding tert-OH is 1. The number of carbonyl (C=O) groups is 1. The first kappa shape index (κ1) is 25.1. The molecule has 0 rings (SSSR count). The normalized spacial score (nSPS) is 14.1. The van der Waals surface area contributed by atoms with Gasteiger partial charge in [-0.2, -0.15) is 0 Å². The Balaban J connectivity index is 0. The molecule has 128 valence electrons. The van der Waals surface area contributed by atoms with Gasteiger partial charge in [-0.3, -0.25) is 4.79 Å². The van der Waals surface area contributed by atoms with Crippen molar-refractivity contribution in [2.75, 3.05) is 12.4 Å². The number of hydrogen-bond acceptors (Lipinski definition) is 6. The van der Waals surface area contributed by atoms with Crippen molar-refractivity contribution < 1.29 is 57.2 Å². The van der Waals surface area contributed by atoms with Gasteiger partial charge in [0.2, 0.25) is 0 Å². The van der Waals surface area contributed by atoms with Gasteiger partial charge in [0.25, 0.3) is 0 Å². The molecule has 0 fully saturated rings. The molecule has 0 spiro atoms. The standard InChI is InChI=1S/C15H26O6S.Na/c1-4-6-15(17)21-10-9-12(2)7-5-8-13(3)14(16)11-22(18,19)20;/h8-9,14,16H,4-7,10-11H2,1-3H3,(H,18,19,20);/q;+1/p-1. The summed E-state index contributed by atoms with van der Waals surface area (Å²) in [5.41, 5.74) is 1.49. The summed E-state index contributed by atoms with van der Waals surface area (Å²) in [4.78, 5) is 11.2. The molecule has 23 heavy (non-hydrogen) atoms. The molecule has 1 N–H and O–H groups in total.